The average Bonchev–Trinajstić information content (AvgIpc) is 2.85. The first kappa shape index (κ1) is 15.3. The van der Waals surface area contributed by atoms with Gasteiger partial charge in [0.15, 0.2) is 0 Å². The number of nitrogens with one attached hydrogen (secondary N) is 1. The number of anilines is 1. The van der Waals surface area contributed by atoms with Crippen LogP contribution in [-0.4, -0.2) is 16.6 Å². The summed E-state index contributed by atoms with van der Waals surface area (Å²) in [6.07, 6.45) is 0. The Kier molecular flexibility index (Phi) is 4.46. The van der Waals surface area contributed by atoms with Crippen molar-refractivity contribution >= 4 is 23.4 Å². The van der Waals surface area contributed by atoms with E-state index in [4.69, 9.17) is 9.52 Å². The SMILES string of the molecule is O=C(O)c1ccc(CNc2ccccc2SC(F)(F)F)o1. The minimum atomic E-state index is -4.38. The fourth-order valence-electron chi connectivity index (χ4n) is 1.60. The number of carboxylic acids is 1. The molecule has 1 aromatic heterocycles. The van der Waals surface area contributed by atoms with Gasteiger partial charge in [0.2, 0.25) is 5.76 Å². The fraction of sp³-hybridized carbons (Fsp3) is 0.154. The summed E-state index contributed by atoms with van der Waals surface area (Å²) in [4.78, 5) is 10.7. The van der Waals surface area contributed by atoms with Crippen LogP contribution in [-0.2, 0) is 6.54 Å². The zero-order chi connectivity index (χ0) is 15.5. The van der Waals surface area contributed by atoms with E-state index in [0.717, 1.165) is 0 Å². The molecule has 0 radical (unpaired) electrons. The molecule has 0 atom stereocenters. The van der Waals surface area contributed by atoms with Crippen molar-refractivity contribution in [1.29, 1.82) is 0 Å². The molecule has 0 bridgehead atoms. The van der Waals surface area contributed by atoms with Crippen LogP contribution in [0, 0.1) is 0 Å². The van der Waals surface area contributed by atoms with Gasteiger partial charge < -0.3 is 14.8 Å². The summed E-state index contributed by atoms with van der Waals surface area (Å²) in [7, 11) is 0. The molecule has 4 nitrogen and oxygen atoms in total. The molecule has 0 saturated heterocycles. The predicted molar refractivity (Wildman–Crippen MR) is 71.3 cm³/mol. The Balaban J connectivity index is 2.07. The largest absolute Gasteiger partial charge is 0.475 e. The summed E-state index contributed by atoms with van der Waals surface area (Å²) < 4.78 is 42.3. The molecule has 0 amide bonds. The van der Waals surface area contributed by atoms with Gasteiger partial charge in [0.25, 0.3) is 0 Å². The third kappa shape index (κ3) is 4.45. The van der Waals surface area contributed by atoms with Crippen molar-refractivity contribution in [3.8, 4) is 0 Å². The van der Waals surface area contributed by atoms with Gasteiger partial charge in [0.1, 0.15) is 5.76 Å². The van der Waals surface area contributed by atoms with Crippen LogP contribution in [0.2, 0.25) is 0 Å². The van der Waals surface area contributed by atoms with Crippen molar-refractivity contribution in [2.75, 3.05) is 5.32 Å². The Morgan fingerprint density at radius 3 is 2.57 bits per heavy atom. The van der Waals surface area contributed by atoms with E-state index in [9.17, 15) is 18.0 Å². The summed E-state index contributed by atoms with van der Waals surface area (Å²) in [5.41, 5.74) is -4.08. The molecular formula is C13H10F3NO3S. The molecule has 0 unspecified atom stereocenters. The summed E-state index contributed by atoms with van der Waals surface area (Å²) in [6, 6.07) is 8.72. The van der Waals surface area contributed by atoms with Crippen molar-refractivity contribution < 1.29 is 27.5 Å². The average molecular weight is 317 g/mol. The van der Waals surface area contributed by atoms with E-state index in [1.54, 1.807) is 6.07 Å². The van der Waals surface area contributed by atoms with Gasteiger partial charge >= 0.3 is 11.5 Å². The van der Waals surface area contributed by atoms with Gasteiger partial charge in [-0.05, 0) is 36.0 Å². The van der Waals surface area contributed by atoms with E-state index < -0.39 is 11.5 Å². The highest BCUT2D eigenvalue weighted by molar-refractivity contribution is 8.00. The van der Waals surface area contributed by atoms with Crippen LogP contribution in [0.4, 0.5) is 18.9 Å². The van der Waals surface area contributed by atoms with Crippen LogP contribution in [0.1, 0.15) is 16.3 Å². The molecule has 1 heterocycles. The molecule has 2 aromatic rings. The Morgan fingerprint density at radius 2 is 1.95 bits per heavy atom. The minimum absolute atomic E-state index is 0.0371. The molecule has 2 N–H and O–H groups in total. The highest BCUT2D eigenvalue weighted by atomic mass is 32.2. The molecule has 112 valence electrons. The number of hydrogen-bond donors (Lipinski definition) is 2. The number of hydrogen-bond acceptors (Lipinski definition) is 4. The molecule has 8 heteroatoms. The number of thioether (sulfide) groups is 1. The maximum atomic E-state index is 12.4. The van der Waals surface area contributed by atoms with Crippen LogP contribution in [0.25, 0.3) is 0 Å². The van der Waals surface area contributed by atoms with Crippen molar-refractivity contribution in [2.24, 2.45) is 0 Å². The first-order chi connectivity index (χ1) is 9.85. The summed E-state index contributed by atoms with van der Waals surface area (Å²) >= 11 is -0.215. The van der Waals surface area contributed by atoms with Gasteiger partial charge in [-0.3, -0.25) is 0 Å². The van der Waals surface area contributed by atoms with Crippen LogP contribution in [0.5, 0.6) is 0 Å². The zero-order valence-electron chi connectivity index (χ0n) is 10.5. The summed E-state index contributed by atoms with van der Waals surface area (Å²) in [5, 5.41) is 11.5. The maximum Gasteiger partial charge on any atom is 0.446 e. The molecule has 21 heavy (non-hydrogen) atoms. The summed E-state index contributed by atoms with van der Waals surface area (Å²) in [6.45, 7) is 0.0860. The topological polar surface area (TPSA) is 62.5 Å². The van der Waals surface area contributed by atoms with E-state index in [1.165, 1.54) is 30.3 Å². The van der Waals surface area contributed by atoms with E-state index >= 15 is 0 Å². The van der Waals surface area contributed by atoms with Crippen molar-refractivity contribution in [3.05, 3.63) is 47.9 Å². The zero-order valence-corrected chi connectivity index (χ0v) is 11.3. The second-order valence-corrected chi connectivity index (χ2v) is 5.08. The standard InChI is InChI=1S/C13H10F3NO3S/c14-13(15,16)21-11-4-2-1-3-9(11)17-7-8-5-6-10(20-8)12(18)19/h1-6,17H,7H2,(H,18,19). The first-order valence-corrected chi connectivity index (χ1v) is 6.57. The van der Waals surface area contributed by atoms with Gasteiger partial charge in [0, 0.05) is 10.6 Å². The van der Waals surface area contributed by atoms with Crippen molar-refractivity contribution in [1.82, 2.24) is 0 Å². The number of furan rings is 1. The lowest BCUT2D eigenvalue weighted by atomic mass is 10.3. The fourth-order valence-corrected chi connectivity index (χ4v) is 2.24. The third-order valence-electron chi connectivity index (χ3n) is 2.44. The van der Waals surface area contributed by atoms with Gasteiger partial charge in [0.05, 0.1) is 6.54 Å². The van der Waals surface area contributed by atoms with Gasteiger partial charge in [-0.2, -0.15) is 13.2 Å². The number of alkyl halides is 3. The number of para-hydroxylation sites is 1. The molecule has 0 aliphatic carbocycles. The van der Waals surface area contributed by atoms with E-state index in [1.807, 2.05) is 0 Å². The smallest absolute Gasteiger partial charge is 0.446 e. The Bertz CT molecular complexity index is 640. The highest BCUT2D eigenvalue weighted by Gasteiger charge is 2.30. The lowest BCUT2D eigenvalue weighted by molar-refractivity contribution is -0.0328. The number of rotatable bonds is 5. The Hall–Kier alpha value is -2.09. The molecule has 0 spiro atoms. The molecule has 0 saturated carbocycles. The summed E-state index contributed by atoms with van der Waals surface area (Å²) in [5.74, 6) is -1.10. The van der Waals surface area contributed by atoms with Gasteiger partial charge in [-0.25, -0.2) is 4.79 Å². The molecular weight excluding hydrogens is 307 g/mol. The van der Waals surface area contributed by atoms with Crippen LogP contribution in [0.3, 0.4) is 0 Å². The molecule has 0 aliphatic rings. The quantitative estimate of drug-likeness (QED) is 0.809. The second-order valence-electron chi connectivity index (χ2n) is 3.97. The monoisotopic (exact) mass is 317 g/mol. The lowest BCUT2D eigenvalue weighted by Crippen LogP contribution is -2.03. The number of carboxylic acid groups (broad SMARTS) is 1. The number of benzene rings is 1. The normalized spacial score (nSPS) is 11.4. The Morgan fingerprint density at radius 1 is 1.24 bits per heavy atom. The molecule has 0 fully saturated rings. The van der Waals surface area contributed by atoms with E-state index in [-0.39, 0.29) is 29.0 Å². The number of carbonyl (C=O) groups is 1. The van der Waals surface area contributed by atoms with Crippen LogP contribution < -0.4 is 5.32 Å². The molecule has 0 aliphatic heterocycles. The van der Waals surface area contributed by atoms with Crippen LogP contribution >= 0.6 is 11.8 Å². The number of aromatic carboxylic acids is 1. The molecule has 1 aromatic carbocycles. The third-order valence-corrected chi connectivity index (χ3v) is 3.25. The highest BCUT2D eigenvalue weighted by Crippen LogP contribution is 2.40. The van der Waals surface area contributed by atoms with E-state index in [2.05, 4.69) is 5.32 Å². The van der Waals surface area contributed by atoms with Gasteiger partial charge in [-0.15, -0.1) is 0 Å². The Labute approximate surface area is 122 Å². The van der Waals surface area contributed by atoms with Crippen molar-refractivity contribution in [3.63, 3.8) is 0 Å². The minimum Gasteiger partial charge on any atom is -0.475 e. The van der Waals surface area contributed by atoms with Gasteiger partial charge in [-0.1, -0.05) is 12.1 Å². The predicted octanol–water partition coefficient (Wildman–Crippen LogP) is 4.20. The lowest BCUT2D eigenvalue weighted by Gasteiger charge is -2.12. The van der Waals surface area contributed by atoms with Crippen molar-refractivity contribution in [2.45, 2.75) is 16.9 Å². The maximum absolute atomic E-state index is 12.4. The molecule has 2 rings (SSSR count). The number of halogens is 3. The van der Waals surface area contributed by atoms with E-state index in [0.29, 0.717) is 11.4 Å². The second kappa shape index (κ2) is 6.13. The van der Waals surface area contributed by atoms with Crippen LogP contribution in [0.15, 0.2) is 45.7 Å². The first-order valence-electron chi connectivity index (χ1n) is 5.76.